The largest absolute Gasteiger partial charge is 0.494 e. The minimum atomic E-state index is -0.820. The van der Waals surface area contributed by atoms with Crippen LogP contribution in [0.2, 0.25) is 0 Å². The zero-order chi connectivity index (χ0) is 53.5. The number of carbonyl (C=O) groups excluding carboxylic acids is 4. The number of benzene rings is 7. The number of esters is 4. The van der Waals surface area contributed by atoms with E-state index in [0.717, 1.165) is 37.2 Å². The predicted octanol–water partition coefficient (Wildman–Crippen LogP) is 15.3. The summed E-state index contributed by atoms with van der Waals surface area (Å²) in [5.41, 5.74) is 2.71. The molecule has 0 saturated carbocycles. The van der Waals surface area contributed by atoms with Gasteiger partial charge in [0.25, 0.3) is 0 Å². The number of unbranched alkanes of at least 4 members (excludes halogenated alkanes) is 6. The van der Waals surface area contributed by atoms with E-state index in [-0.39, 0.29) is 56.8 Å². The van der Waals surface area contributed by atoms with Crippen molar-refractivity contribution in [2.24, 2.45) is 20.5 Å². The Labute approximate surface area is 441 Å². The Morgan fingerprint density at radius 2 is 0.671 bits per heavy atom. The van der Waals surface area contributed by atoms with E-state index in [4.69, 9.17) is 37.9 Å². The lowest BCUT2D eigenvalue weighted by Gasteiger charge is -2.12. The lowest BCUT2D eigenvalue weighted by molar-refractivity contribution is 0.0720. The van der Waals surface area contributed by atoms with Crippen LogP contribution in [0.15, 0.2) is 178 Å². The first-order valence-electron chi connectivity index (χ1n) is 25.0. The molecule has 16 heteroatoms. The molecular formula is C60H58N4O12. The van der Waals surface area contributed by atoms with E-state index in [1.807, 2.05) is 48.5 Å². The highest BCUT2D eigenvalue weighted by atomic mass is 16.6. The van der Waals surface area contributed by atoms with Crippen LogP contribution in [0.3, 0.4) is 0 Å². The summed E-state index contributed by atoms with van der Waals surface area (Å²) in [5, 5.41) is 17.1. The fourth-order valence-corrected chi connectivity index (χ4v) is 7.23. The summed E-state index contributed by atoms with van der Waals surface area (Å²) in [6.45, 7) is 5.70. The van der Waals surface area contributed by atoms with Crippen molar-refractivity contribution >= 4 is 46.6 Å². The zero-order valence-corrected chi connectivity index (χ0v) is 42.8. The Kier molecular flexibility index (Phi) is 20.3. The van der Waals surface area contributed by atoms with Crippen LogP contribution in [0.5, 0.6) is 46.0 Å². The molecule has 0 aromatic heterocycles. The first kappa shape index (κ1) is 54.6. The maximum Gasteiger partial charge on any atom is 0.343 e. The summed E-state index contributed by atoms with van der Waals surface area (Å²) >= 11 is 0. The van der Waals surface area contributed by atoms with Crippen LogP contribution < -0.4 is 37.9 Å². The van der Waals surface area contributed by atoms with Gasteiger partial charge in [-0.05, 0) is 165 Å². The Balaban J connectivity index is 0.882. The van der Waals surface area contributed by atoms with Gasteiger partial charge in [0.1, 0.15) is 23.0 Å². The molecule has 16 nitrogen and oxygen atoms in total. The van der Waals surface area contributed by atoms with Crippen LogP contribution in [0.1, 0.15) is 107 Å². The fraction of sp³-hybridized carbons (Fsp3) is 0.233. The van der Waals surface area contributed by atoms with Gasteiger partial charge in [0.05, 0.1) is 72.4 Å². The molecule has 0 aliphatic carbocycles. The number of azo groups is 2. The van der Waals surface area contributed by atoms with Crippen molar-refractivity contribution in [3.8, 4) is 46.0 Å². The molecule has 0 spiro atoms. The number of methoxy groups -OCH3 is 2. The summed E-state index contributed by atoms with van der Waals surface area (Å²) in [4.78, 5) is 53.0. The number of rotatable bonds is 26. The van der Waals surface area contributed by atoms with Gasteiger partial charge < -0.3 is 37.9 Å². The minimum Gasteiger partial charge on any atom is -0.494 e. The van der Waals surface area contributed by atoms with Gasteiger partial charge in [-0.3, -0.25) is 0 Å². The Bertz CT molecular complexity index is 2900. The Morgan fingerprint density at radius 3 is 1.01 bits per heavy atom. The SMILES string of the molecule is CCCCCCOc1ccc(N=Nc2ccc(OC(=O)c3ccc(OC(=O)c4cccc(C(=O)Oc5ccc(C(=O)Oc6ccc(N=Nc7ccc(OCCCCCC)cc7)cc6)cc5OC)c4)c(OC)c3)cc2)cc1. The van der Waals surface area contributed by atoms with Crippen molar-refractivity contribution in [2.45, 2.75) is 65.2 Å². The fourth-order valence-electron chi connectivity index (χ4n) is 7.23. The molecule has 0 heterocycles. The highest BCUT2D eigenvalue weighted by Crippen LogP contribution is 2.33. The highest BCUT2D eigenvalue weighted by molar-refractivity contribution is 5.98. The van der Waals surface area contributed by atoms with E-state index in [9.17, 15) is 19.2 Å². The molecule has 0 fully saturated rings. The minimum absolute atomic E-state index is 0.00947. The van der Waals surface area contributed by atoms with Crippen LogP contribution in [-0.2, 0) is 0 Å². The number of carbonyl (C=O) groups is 4. The molecule has 0 radical (unpaired) electrons. The Morgan fingerprint density at radius 1 is 0.342 bits per heavy atom. The molecule has 0 aliphatic heterocycles. The number of hydrogen-bond donors (Lipinski definition) is 0. The second-order valence-electron chi connectivity index (χ2n) is 17.1. The molecule has 7 rings (SSSR count). The summed E-state index contributed by atoms with van der Waals surface area (Å²) in [7, 11) is 2.71. The number of nitrogens with zero attached hydrogens (tertiary/aromatic N) is 4. The van der Waals surface area contributed by atoms with Crippen molar-refractivity contribution in [3.05, 3.63) is 180 Å². The molecule has 76 heavy (non-hydrogen) atoms. The molecule has 0 amide bonds. The Hall–Kier alpha value is -9.18. The second kappa shape index (κ2) is 28.3. The standard InChI is InChI=1S/C60H58N4O12/c1-5-7-9-11-36-71-49-26-18-45(19-27-49)61-63-47-22-30-51(31-23-47)73-57(65)43-16-34-53(55(39-43)69-3)75-59(67)41-14-13-15-42(38-41)60(68)76-54-35-17-44(40-56(54)70-4)58(66)74-52-32-24-48(25-33-52)64-62-46-20-28-50(29-21-46)72-37-12-10-8-6-2/h13-35,38-40H,5-12,36-37H2,1-4H3. The highest BCUT2D eigenvalue weighted by Gasteiger charge is 2.21. The predicted molar refractivity (Wildman–Crippen MR) is 286 cm³/mol. The monoisotopic (exact) mass is 1030 g/mol. The van der Waals surface area contributed by atoms with Crippen LogP contribution in [-0.4, -0.2) is 51.3 Å². The van der Waals surface area contributed by atoms with Gasteiger partial charge in [-0.25, -0.2) is 19.2 Å². The maximum absolute atomic E-state index is 13.4. The van der Waals surface area contributed by atoms with Gasteiger partial charge in [0.15, 0.2) is 23.0 Å². The number of ether oxygens (including phenoxy) is 8. The summed E-state index contributed by atoms with van der Waals surface area (Å²) in [6.07, 6.45) is 9.09. The van der Waals surface area contributed by atoms with Crippen molar-refractivity contribution in [2.75, 3.05) is 27.4 Å². The van der Waals surface area contributed by atoms with Gasteiger partial charge >= 0.3 is 23.9 Å². The lowest BCUT2D eigenvalue weighted by Crippen LogP contribution is -2.14. The molecule has 0 saturated heterocycles. The molecule has 0 bridgehead atoms. The van der Waals surface area contributed by atoms with Gasteiger partial charge in [0, 0.05) is 0 Å². The van der Waals surface area contributed by atoms with Gasteiger partial charge in [-0.1, -0.05) is 58.4 Å². The zero-order valence-electron chi connectivity index (χ0n) is 42.8. The lowest BCUT2D eigenvalue weighted by atomic mass is 10.1. The quantitative estimate of drug-likeness (QED) is 0.0216. The molecule has 0 atom stereocenters. The number of hydrogen-bond acceptors (Lipinski definition) is 16. The topological polar surface area (TPSA) is 192 Å². The third-order valence-electron chi connectivity index (χ3n) is 11.4. The van der Waals surface area contributed by atoms with Crippen LogP contribution in [0.4, 0.5) is 22.7 Å². The second-order valence-corrected chi connectivity index (χ2v) is 17.1. The summed E-state index contributed by atoms with van der Waals surface area (Å²) in [6, 6.07) is 41.9. The summed E-state index contributed by atoms with van der Waals surface area (Å²) in [5.74, 6) is -0.742. The van der Waals surface area contributed by atoms with E-state index < -0.39 is 23.9 Å². The van der Waals surface area contributed by atoms with Crippen LogP contribution in [0.25, 0.3) is 0 Å². The van der Waals surface area contributed by atoms with Crippen molar-refractivity contribution in [3.63, 3.8) is 0 Å². The maximum atomic E-state index is 13.4. The van der Waals surface area contributed by atoms with E-state index in [1.54, 1.807) is 48.5 Å². The molecular weight excluding hydrogens is 969 g/mol. The van der Waals surface area contributed by atoms with Gasteiger partial charge in [-0.15, -0.1) is 0 Å². The molecule has 0 unspecified atom stereocenters. The van der Waals surface area contributed by atoms with E-state index in [2.05, 4.69) is 34.3 Å². The van der Waals surface area contributed by atoms with Gasteiger partial charge in [0.2, 0.25) is 0 Å². The molecule has 7 aromatic rings. The third-order valence-corrected chi connectivity index (χ3v) is 11.4. The first-order chi connectivity index (χ1) is 37.1. The van der Waals surface area contributed by atoms with E-state index in [1.165, 1.54) is 101 Å². The van der Waals surface area contributed by atoms with E-state index in [0.29, 0.717) is 36.0 Å². The molecule has 7 aromatic carbocycles. The van der Waals surface area contributed by atoms with Gasteiger partial charge in [-0.2, -0.15) is 20.5 Å². The van der Waals surface area contributed by atoms with Crippen molar-refractivity contribution < 1.29 is 57.1 Å². The third kappa shape index (κ3) is 16.4. The average molecular weight is 1030 g/mol. The average Bonchev–Trinajstić information content (AvgIpc) is 3.45. The van der Waals surface area contributed by atoms with Crippen LogP contribution in [0, 0.1) is 0 Å². The molecule has 0 aliphatic rings. The molecule has 0 N–H and O–H groups in total. The van der Waals surface area contributed by atoms with Crippen molar-refractivity contribution in [1.82, 2.24) is 0 Å². The summed E-state index contributed by atoms with van der Waals surface area (Å²) < 4.78 is 44.9. The smallest absolute Gasteiger partial charge is 0.343 e. The van der Waals surface area contributed by atoms with Crippen molar-refractivity contribution in [1.29, 1.82) is 0 Å². The normalized spacial score (nSPS) is 11.0. The first-order valence-corrected chi connectivity index (χ1v) is 25.0. The van der Waals surface area contributed by atoms with Crippen LogP contribution >= 0.6 is 0 Å². The molecule has 390 valence electrons. The van der Waals surface area contributed by atoms with E-state index >= 15 is 0 Å².